The zero-order valence-electron chi connectivity index (χ0n) is 13.4. The highest BCUT2D eigenvalue weighted by molar-refractivity contribution is 7.99. The maximum absolute atomic E-state index is 3.75. The van der Waals surface area contributed by atoms with Crippen LogP contribution in [0.3, 0.4) is 0 Å². The third-order valence-electron chi connectivity index (χ3n) is 4.66. The van der Waals surface area contributed by atoms with Crippen LogP contribution in [0.2, 0.25) is 0 Å². The van der Waals surface area contributed by atoms with Crippen LogP contribution in [0.15, 0.2) is 24.3 Å². The minimum Gasteiger partial charge on any atom is -0.313 e. The number of hydrogen-bond acceptors (Lipinski definition) is 2. The van der Waals surface area contributed by atoms with Crippen molar-refractivity contribution in [2.75, 3.05) is 6.54 Å². The summed E-state index contributed by atoms with van der Waals surface area (Å²) in [7, 11) is 0. The van der Waals surface area contributed by atoms with E-state index in [1.54, 1.807) is 0 Å². The summed E-state index contributed by atoms with van der Waals surface area (Å²) in [5.74, 6) is 1.15. The lowest BCUT2D eigenvalue weighted by Crippen LogP contribution is -2.51. The highest BCUT2D eigenvalue weighted by Gasteiger charge is 2.38. The Bertz CT molecular complexity index is 427. The number of rotatable bonds is 5. The molecule has 1 aliphatic carbocycles. The minimum absolute atomic E-state index is 0.428. The molecule has 0 aliphatic heterocycles. The first kappa shape index (κ1) is 15.9. The largest absolute Gasteiger partial charge is 0.313 e. The van der Waals surface area contributed by atoms with E-state index in [9.17, 15) is 0 Å². The second-order valence-electron chi connectivity index (χ2n) is 6.69. The Morgan fingerprint density at radius 1 is 1.30 bits per heavy atom. The predicted octanol–water partition coefficient (Wildman–Crippen LogP) is 4.79. The lowest BCUT2D eigenvalue weighted by Gasteiger charge is -2.44. The Morgan fingerprint density at radius 3 is 2.75 bits per heavy atom. The lowest BCUT2D eigenvalue weighted by atomic mass is 9.73. The van der Waals surface area contributed by atoms with Gasteiger partial charge in [-0.1, -0.05) is 51.5 Å². The molecule has 112 valence electrons. The van der Waals surface area contributed by atoms with Crippen molar-refractivity contribution >= 4 is 11.8 Å². The third-order valence-corrected chi connectivity index (χ3v) is 6.08. The summed E-state index contributed by atoms with van der Waals surface area (Å²) in [4.78, 5) is 0. The van der Waals surface area contributed by atoms with Gasteiger partial charge in [0.15, 0.2) is 0 Å². The van der Waals surface area contributed by atoms with Crippen molar-refractivity contribution in [3.8, 4) is 0 Å². The zero-order chi connectivity index (χ0) is 14.6. The van der Waals surface area contributed by atoms with Crippen molar-refractivity contribution in [2.24, 2.45) is 5.41 Å². The van der Waals surface area contributed by atoms with Crippen molar-refractivity contribution in [1.82, 2.24) is 5.32 Å². The fourth-order valence-corrected chi connectivity index (χ4v) is 5.07. The zero-order valence-corrected chi connectivity index (χ0v) is 14.2. The van der Waals surface area contributed by atoms with Crippen LogP contribution < -0.4 is 5.32 Å². The van der Waals surface area contributed by atoms with E-state index in [-0.39, 0.29) is 0 Å². The van der Waals surface area contributed by atoms with Crippen LogP contribution in [0, 0.1) is 12.3 Å². The summed E-state index contributed by atoms with van der Waals surface area (Å²) in [6.45, 7) is 10.4. The molecule has 1 aromatic rings. The number of benzene rings is 1. The molecule has 0 spiro atoms. The van der Waals surface area contributed by atoms with Gasteiger partial charge in [0.25, 0.3) is 0 Å². The van der Waals surface area contributed by atoms with Crippen LogP contribution in [0.25, 0.3) is 0 Å². The number of hydrogen-bond donors (Lipinski definition) is 1. The summed E-state index contributed by atoms with van der Waals surface area (Å²) >= 11 is 2.15. The van der Waals surface area contributed by atoms with Crippen molar-refractivity contribution in [3.05, 3.63) is 35.4 Å². The molecular formula is C18H29NS. The first-order chi connectivity index (χ1) is 9.54. The summed E-state index contributed by atoms with van der Waals surface area (Å²) in [6, 6.07) is 9.45. The van der Waals surface area contributed by atoms with Gasteiger partial charge in [-0.05, 0) is 42.9 Å². The topological polar surface area (TPSA) is 12.0 Å². The molecular weight excluding hydrogens is 262 g/mol. The van der Waals surface area contributed by atoms with Crippen molar-refractivity contribution in [2.45, 2.75) is 64.0 Å². The van der Waals surface area contributed by atoms with Gasteiger partial charge in [0.2, 0.25) is 0 Å². The molecule has 2 atom stereocenters. The highest BCUT2D eigenvalue weighted by Crippen LogP contribution is 2.41. The van der Waals surface area contributed by atoms with Crippen LogP contribution in [0.1, 0.15) is 51.2 Å². The van der Waals surface area contributed by atoms with Crippen LogP contribution in [-0.2, 0) is 5.75 Å². The van der Waals surface area contributed by atoms with Crippen LogP contribution >= 0.6 is 11.8 Å². The molecule has 0 amide bonds. The van der Waals surface area contributed by atoms with Gasteiger partial charge in [-0.3, -0.25) is 0 Å². The van der Waals surface area contributed by atoms with Gasteiger partial charge < -0.3 is 5.32 Å². The second-order valence-corrected chi connectivity index (χ2v) is 7.92. The molecule has 0 aromatic heterocycles. The average Bonchev–Trinajstić information content (AvgIpc) is 2.41. The molecule has 2 unspecified atom stereocenters. The van der Waals surface area contributed by atoms with Crippen molar-refractivity contribution < 1.29 is 0 Å². The molecule has 2 rings (SSSR count). The van der Waals surface area contributed by atoms with Gasteiger partial charge >= 0.3 is 0 Å². The number of thioether (sulfide) groups is 1. The fraction of sp³-hybridized carbons (Fsp3) is 0.667. The standard InChI is InChI=1S/C18H29NS/c1-5-19-17-16(11-8-12-18(17,3)4)20-13-15-10-7-6-9-14(15)2/h6-7,9-10,16-17,19H,5,8,11-13H2,1-4H3. The highest BCUT2D eigenvalue weighted by atomic mass is 32.2. The third kappa shape index (κ3) is 3.79. The molecule has 1 aliphatic rings. The molecule has 1 saturated carbocycles. The monoisotopic (exact) mass is 291 g/mol. The predicted molar refractivity (Wildman–Crippen MR) is 91.4 cm³/mol. The maximum atomic E-state index is 3.75. The molecule has 1 N–H and O–H groups in total. The molecule has 0 bridgehead atoms. The Morgan fingerprint density at radius 2 is 2.05 bits per heavy atom. The smallest absolute Gasteiger partial charge is 0.0237 e. The van der Waals surface area contributed by atoms with Crippen LogP contribution in [0.4, 0.5) is 0 Å². The number of nitrogens with one attached hydrogen (secondary N) is 1. The minimum atomic E-state index is 0.428. The van der Waals surface area contributed by atoms with Gasteiger partial charge in [-0.15, -0.1) is 0 Å². The second kappa shape index (κ2) is 7.00. The SMILES string of the molecule is CCNC1C(SCc2ccccc2C)CCCC1(C)C. The van der Waals surface area contributed by atoms with Gasteiger partial charge in [0.1, 0.15) is 0 Å². The summed E-state index contributed by atoms with van der Waals surface area (Å²) in [6.07, 6.45) is 4.09. The van der Waals surface area contributed by atoms with Crippen molar-refractivity contribution in [1.29, 1.82) is 0 Å². The molecule has 1 nitrogen and oxygen atoms in total. The average molecular weight is 292 g/mol. The van der Waals surface area contributed by atoms with E-state index in [0.29, 0.717) is 11.5 Å². The summed E-state index contributed by atoms with van der Waals surface area (Å²) in [5, 5.41) is 4.50. The summed E-state index contributed by atoms with van der Waals surface area (Å²) in [5.41, 5.74) is 3.35. The molecule has 1 fully saturated rings. The Kier molecular flexibility index (Phi) is 5.57. The number of aryl methyl sites for hydroxylation is 1. The molecule has 0 saturated heterocycles. The quantitative estimate of drug-likeness (QED) is 0.837. The molecule has 1 aromatic carbocycles. The molecule has 0 heterocycles. The lowest BCUT2D eigenvalue weighted by molar-refractivity contribution is 0.176. The van der Waals surface area contributed by atoms with Crippen LogP contribution in [0.5, 0.6) is 0 Å². The normalized spacial score (nSPS) is 25.6. The van der Waals surface area contributed by atoms with Gasteiger partial charge in [0, 0.05) is 17.0 Å². The first-order valence-corrected chi connectivity index (χ1v) is 8.99. The van der Waals surface area contributed by atoms with Gasteiger partial charge in [0.05, 0.1) is 0 Å². The molecule has 0 radical (unpaired) electrons. The Balaban J connectivity index is 2.01. The van der Waals surface area contributed by atoms with Crippen molar-refractivity contribution in [3.63, 3.8) is 0 Å². The van der Waals surface area contributed by atoms with E-state index in [4.69, 9.17) is 0 Å². The summed E-state index contributed by atoms with van der Waals surface area (Å²) < 4.78 is 0. The van der Waals surface area contributed by atoms with E-state index in [1.165, 1.54) is 30.4 Å². The Hall–Kier alpha value is -0.470. The van der Waals surface area contributed by atoms with E-state index < -0.39 is 0 Å². The van der Waals surface area contributed by atoms with E-state index in [2.05, 4.69) is 69.0 Å². The van der Waals surface area contributed by atoms with Gasteiger partial charge in [-0.25, -0.2) is 0 Å². The molecule has 20 heavy (non-hydrogen) atoms. The van der Waals surface area contributed by atoms with Gasteiger partial charge in [-0.2, -0.15) is 11.8 Å². The van der Waals surface area contributed by atoms with E-state index >= 15 is 0 Å². The van der Waals surface area contributed by atoms with Crippen LogP contribution in [-0.4, -0.2) is 17.8 Å². The van der Waals surface area contributed by atoms with E-state index in [1.807, 2.05) is 0 Å². The first-order valence-electron chi connectivity index (χ1n) is 7.94. The van der Waals surface area contributed by atoms with E-state index in [0.717, 1.165) is 17.5 Å². The maximum Gasteiger partial charge on any atom is 0.0237 e. The Labute approximate surface area is 128 Å². The molecule has 2 heteroatoms. The fourth-order valence-electron chi connectivity index (χ4n) is 3.36.